The van der Waals surface area contributed by atoms with E-state index in [2.05, 4.69) is 0 Å². The lowest BCUT2D eigenvalue weighted by molar-refractivity contribution is -0.140. The fourth-order valence-corrected chi connectivity index (χ4v) is 3.90. The third-order valence-corrected chi connectivity index (χ3v) is 5.38. The van der Waals surface area contributed by atoms with Crippen LogP contribution in [0.1, 0.15) is 62.8 Å². The molecule has 7 nitrogen and oxygen atoms in total. The Labute approximate surface area is 195 Å². The van der Waals surface area contributed by atoms with Gasteiger partial charge in [-0.1, -0.05) is 0 Å². The van der Waals surface area contributed by atoms with Crippen LogP contribution >= 0.6 is 0 Å². The number of ether oxygens (including phenoxy) is 2. The molecule has 1 aromatic heterocycles. The van der Waals surface area contributed by atoms with Crippen molar-refractivity contribution < 1.29 is 28.6 Å². The average molecular weight is 456 g/mol. The zero-order valence-electron chi connectivity index (χ0n) is 20.2. The predicted molar refractivity (Wildman–Crippen MR) is 125 cm³/mol. The van der Waals surface area contributed by atoms with Gasteiger partial charge in [-0.3, -0.25) is 9.59 Å². The quantitative estimate of drug-likeness (QED) is 0.250. The first-order valence-corrected chi connectivity index (χ1v) is 11.3. The number of furan rings is 1. The van der Waals surface area contributed by atoms with Crippen molar-refractivity contribution in [1.82, 2.24) is 4.90 Å². The fourth-order valence-electron chi connectivity index (χ4n) is 3.90. The monoisotopic (exact) mass is 455 g/mol. The van der Waals surface area contributed by atoms with Crippen LogP contribution in [0, 0.1) is 13.8 Å². The van der Waals surface area contributed by atoms with Gasteiger partial charge in [0.05, 0.1) is 17.8 Å². The smallest absolute Gasteiger partial charge is 0.295 e. The molecule has 0 saturated carbocycles. The van der Waals surface area contributed by atoms with Gasteiger partial charge in [0.25, 0.3) is 11.7 Å². The van der Waals surface area contributed by atoms with Gasteiger partial charge in [0.1, 0.15) is 29.1 Å². The molecule has 0 spiro atoms. The Bertz CT molecular complexity index is 1050. The van der Waals surface area contributed by atoms with Crippen LogP contribution in [0.4, 0.5) is 0 Å². The van der Waals surface area contributed by atoms with Gasteiger partial charge in [-0.25, -0.2) is 0 Å². The molecule has 1 unspecified atom stereocenters. The van der Waals surface area contributed by atoms with Gasteiger partial charge in [-0.15, -0.1) is 0 Å². The number of carbonyl (C=O) groups excluding carboxylic acids is 2. The van der Waals surface area contributed by atoms with Crippen LogP contribution in [0.25, 0.3) is 5.76 Å². The molecule has 1 aromatic carbocycles. The summed E-state index contributed by atoms with van der Waals surface area (Å²) in [5, 5.41) is 11.2. The lowest BCUT2D eigenvalue weighted by Crippen LogP contribution is -2.31. The molecule has 1 fully saturated rings. The number of rotatable bonds is 9. The molecule has 33 heavy (non-hydrogen) atoms. The molecule has 7 heteroatoms. The van der Waals surface area contributed by atoms with Gasteiger partial charge in [0, 0.05) is 18.7 Å². The van der Waals surface area contributed by atoms with Gasteiger partial charge in [0.2, 0.25) is 0 Å². The second-order valence-electron chi connectivity index (χ2n) is 8.86. The molecule has 1 aliphatic heterocycles. The number of ketones is 1. The van der Waals surface area contributed by atoms with Crippen LogP contribution < -0.4 is 4.74 Å². The van der Waals surface area contributed by atoms with E-state index in [-0.39, 0.29) is 23.5 Å². The van der Waals surface area contributed by atoms with Crippen LogP contribution in [0.2, 0.25) is 0 Å². The van der Waals surface area contributed by atoms with Crippen molar-refractivity contribution in [2.75, 3.05) is 13.2 Å². The molecule has 2 heterocycles. The van der Waals surface area contributed by atoms with Crippen molar-refractivity contribution in [3.63, 3.8) is 0 Å². The lowest BCUT2D eigenvalue weighted by atomic mass is 9.98. The number of aliphatic hydroxyl groups is 1. The summed E-state index contributed by atoms with van der Waals surface area (Å²) in [4.78, 5) is 27.5. The van der Waals surface area contributed by atoms with Crippen LogP contribution in [-0.4, -0.2) is 47.1 Å². The maximum Gasteiger partial charge on any atom is 0.295 e. The highest BCUT2D eigenvalue weighted by Crippen LogP contribution is 2.40. The van der Waals surface area contributed by atoms with Gasteiger partial charge in [-0.2, -0.15) is 0 Å². The highest BCUT2D eigenvalue weighted by Gasteiger charge is 2.47. The van der Waals surface area contributed by atoms with Crippen LogP contribution in [0.3, 0.4) is 0 Å². The molecule has 3 rings (SSSR count). The second kappa shape index (κ2) is 10.3. The number of aryl methyl sites for hydroxylation is 2. The van der Waals surface area contributed by atoms with Crippen molar-refractivity contribution in [3.05, 3.63) is 58.6 Å². The Morgan fingerprint density at radius 3 is 2.39 bits per heavy atom. The SMILES string of the molecule is Cc1ccc(C2/C(=C(/O)c3ccc(OC(C)C)c(C)c3)C(=O)C(=O)N2CCCOC(C)C)o1. The number of nitrogens with zero attached hydrogens (tertiary/aromatic N) is 1. The number of likely N-dealkylation sites (tertiary alicyclic amines) is 1. The molecule has 178 valence electrons. The summed E-state index contributed by atoms with van der Waals surface area (Å²) in [5.41, 5.74) is 1.28. The average Bonchev–Trinajstić information content (AvgIpc) is 3.27. The summed E-state index contributed by atoms with van der Waals surface area (Å²) < 4.78 is 17.2. The Kier molecular flexibility index (Phi) is 7.64. The maximum atomic E-state index is 13.1. The molecule has 0 aliphatic carbocycles. The fraction of sp³-hybridized carbons (Fsp3) is 0.462. The Morgan fingerprint density at radius 2 is 1.82 bits per heavy atom. The topological polar surface area (TPSA) is 89.2 Å². The van der Waals surface area contributed by atoms with Gasteiger partial charge >= 0.3 is 0 Å². The number of aliphatic hydroxyl groups excluding tert-OH is 1. The lowest BCUT2D eigenvalue weighted by Gasteiger charge is -2.23. The summed E-state index contributed by atoms with van der Waals surface area (Å²) in [6.45, 7) is 12.2. The van der Waals surface area contributed by atoms with E-state index >= 15 is 0 Å². The molecule has 1 saturated heterocycles. The first-order chi connectivity index (χ1) is 15.6. The van der Waals surface area contributed by atoms with E-state index in [4.69, 9.17) is 13.9 Å². The second-order valence-corrected chi connectivity index (χ2v) is 8.86. The van der Waals surface area contributed by atoms with Gasteiger partial charge in [-0.05, 0) is 83.9 Å². The van der Waals surface area contributed by atoms with Crippen LogP contribution in [0.5, 0.6) is 5.75 Å². The molecule has 0 radical (unpaired) electrons. The van der Waals surface area contributed by atoms with Crippen molar-refractivity contribution in [2.24, 2.45) is 0 Å². The van der Waals surface area contributed by atoms with Crippen molar-refractivity contribution in [3.8, 4) is 5.75 Å². The first-order valence-electron chi connectivity index (χ1n) is 11.3. The Balaban J connectivity index is 2.00. The van der Waals surface area contributed by atoms with Crippen molar-refractivity contribution >= 4 is 17.4 Å². The van der Waals surface area contributed by atoms with Crippen LogP contribution in [-0.2, 0) is 14.3 Å². The molecule has 1 aliphatic rings. The number of hydrogen-bond acceptors (Lipinski definition) is 6. The van der Waals surface area contributed by atoms with E-state index in [0.717, 1.165) is 5.56 Å². The number of hydrogen-bond donors (Lipinski definition) is 1. The van der Waals surface area contributed by atoms with Crippen LogP contribution in [0.15, 0.2) is 40.3 Å². The van der Waals surface area contributed by atoms with E-state index in [9.17, 15) is 14.7 Å². The van der Waals surface area contributed by atoms with Crippen molar-refractivity contribution in [1.29, 1.82) is 0 Å². The molecule has 2 aromatic rings. The highest BCUT2D eigenvalue weighted by molar-refractivity contribution is 6.46. The molecule has 0 bridgehead atoms. The Hall–Kier alpha value is -3.06. The van der Waals surface area contributed by atoms with E-state index in [0.29, 0.717) is 42.4 Å². The highest BCUT2D eigenvalue weighted by atomic mass is 16.5. The normalized spacial score (nSPS) is 18.1. The predicted octanol–water partition coefficient (Wildman–Crippen LogP) is 4.92. The third kappa shape index (κ3) is 5.47. The van der Waals surface area contributed by atoms with Gasteiger partial charge in [0.15, 0.2) is 0 Å². The summed E-state index contributed by atoms with van der Waals surface area (Å²) in [7, 11) is 0. The molecule has 1 amide bonds. The zero-order valence-corrected chi connectivity index (χ0v) is 20.2. The molecule has 1 atom stereocenters. The summed E-state index contributed by atoms with van der Waals surface area (Å²) in [6, 6.07) is 7.91. The molecular formula is C26H33NO6. The minimum atomic E-state index is -0.801. The van der Waals surface area contributed by atoms with E-state index in [1.54, 1.807) is 37.3 Å². The third-order valence-electron chi connectivity index (χ3n) is 5.38. The van der Waals surface area contributed by atoms with E-state index < -0.39 is 17.7 Å². The summed E-state index contributed by atoms with van der Waals surface area (Å²) in [6.07, 6.45) is 0.645. The number of benzene rings is 1. The van der Waals surface area contributed by atoms with Gasteiger partial charge < -0.3 is 23.9 Å². The molecular weight excluding hydrogens is 422 g/mol. The van der Waals surface area contributed by atoms with E-state index in [1.807, 2.05) is 34.6 Å². The zero-order chi connectivity index (χ0) is 24.3. The minimum absolute atomic E-state index is 0.00957. The largest absolute Gasteiger partial charge is 0.507 e. The van der Waals surface area contributed by atoms with E-state index in [1.165, 1.54) is 4.90 Å². The summed E-state index contributed by atoms with van der Waals surface area (Å²) in [5.74, 6) is 0.185. The van der Waals surface area contributed by atoms with Crippen molar-refractivity contribution in [2.45, 2.75) is 66.2 Å². The Morgan fingerprint density at radius 1 is 1.09 bits per heavy atom. The minimum Gasteiger partial charge on any atom is -0.507 e. The number of Topliss-reactive ketones (excluding diaryl/α,β-unsaturated/α-hetero) is 1. The summed E-state index contributed by atoms with van der Waals surface area (Å²) >= 11 is 0. The first kappa shape index (κ1) is 24.6. The molecule has 1 N–H and O–H groups in total. The maximum absolute atomic E-state index is 13.1. The number of amides is 1. The number of carbonyl (C=O) groups is 2. The standard InChI is InChI=1S/C26H33NO6/c1-15(2)31-13-7-12-27-23(21-10-8-18(6)33-21)22(25(29)26(27)30)24(28)19-9-11-20(17(5)14-19)32-16(3)4/h8-11,14-16,23,28H,7,12-13H2,1-6H3/b24-22-.